The second-order valence-corrected chi connectivity index (χ2v) is 5.14. The van der Waals surface area contributed by atoms with Crippen molar-refractivity contribution in [2.45, 2.75) is 33.3 Å². The van der Waals surface area contributed by atoms with Gasteiger partial charge < -0.3 is 19.5 Å². The summed E-state index contributed by atoms with van der Waals surface area (Å²) in [5.41, 5.74) is 1.74. The monoisotopic (exact) mass is 322 g/mol. The predicted molar refractivity (Wildman–Crippen MR) is 85.1 cm³/mol. The van der Waals surface area contributed by atoms with Crippen molar-refractivity contribution in [3.8, 4) is 11.5 Å². The molecule has 1 aliphatic rings. The second kappa shape index (κ2) is 7.71. The Hall–Kier alpha value is -2.44. The summed E-state index contributed by atoms with van der Waals surface area (Å²) in [6, 6.07) is 3.75. The number of alkyl carbamates (subject to hydrolysis) is 1. The van der Waals surface area contributed by atoms with Crippen molar-refractivity contribution < 1.29 is 23.8 Å². The van der Waals surface area contributed by atoms with E-state index in [0.717, 1.165) is 17.7 Å². The van der Waals surface area contributed by atoms with Crippen molar-refractivity contribution in [1.82, 2.24) is 5.32 Å². The van der Waals surface area contributed by atoms with Crippen LogP contribution in [0.25, 0.3) is 0 Å². The Balaban J connectivity index is 2.02. The summed E-state index contributed by atoms with van der Waals surface area (Å²) in [4.78, 5) is 22.9. The third kappa shape index (κ3) is 4.51. The van der Waals surface area contributed by atoms with E-state index in [1.54, 1.807) is 6.92 Å². The third-order valence-electron chi connectivity index (χ3n) is 3.25. The number of ether oxygens (including phenoxy) is 3. The average molecular weight is 322 g/mol. The van der Waals surface area contributed by atoms with Crippen LogP contribution in [-0.2, 0) is 16.0 Å². The van der Waals surface area contributed by atoms with Crippen molar-refractivity contribution in [3.63, 3.8) is 0 Å². The molecule has 0 saturated carbocycles. The normalized spacial score (nSPS) is 15.3. The summed E-state index contributed by atoms with van der Waals surface area (Å²) in [7, 11) is 0. The van der Waals surface area contributed by atoms with E-state index in [2.05, 4.69) is 15.4 Å². The Labute approximate surface area is 135 Å². The minimum Gasteiger partial charge on any atom is -0.492 e. The highest BCUT2D eigenvalue weighted by molar-refractivity contribution is 5.94. The summed E-state index contributed by atoms with van der Waals surface area (Å²) in [5, 5.41) is 5.09. The number of amides is 2. The molecule has 1 atom stereocenters. The molecule has 0 fully saturated rings. The quantitative estimate of drug-likeness (QED) is 0.834. The zero-order valence-corrected chi connectivity index (χ0v) is 13.6. The van der Waals surface area contributed by atoms with Crippen LogP contribution in [-0.4, -0.2) is 37.9 Å². The van der Waals surface area contributed by atoms with Crippen molar-refractivity contribution in [3.05, 3.63) is 17.7 Å². The first-order valence-corrected chi connectivity index (χ1v) is 7.70. The van der Waals surface area contributed by atoms with E-state index in [-0.39, 0.29) is 19.3 Å². The molecule has 0 unspecified atom stereocenters. The molecule has 7 nitrogen and oxygen atoms in total. The first-order chi connectivity index (χ1) is 11.0. The zero-order chi connectivity index (χ0) is 16.8. The minimum atomic E-state index is -0.754. The Morgan fingerprint density at radius 2 is 2.09 bits per heavy atom. The minimum absolute atomic E-state index is 0.0762. The molecule has 1 aromatic carbocycles. The largest absolute Gasteiger partial charge is 0.492 e. The molecule has 0 saturated heterocycles. The highest BCUT2D eigenvalue weighted by Crippen LogP contribution is 2.37. The molecule has 7 heteroatoms. The summed E-state index contributed by atoms with van der Waals surface area (Å²) in [6.45, 7) is 6.21. The van der Waals surface area contributed by atoms with Gasteiger partial charge in [-0.05, 0) is 26.8 Å². The number of carbonyl (C=O) groups excluding carboxylic acids is 2. The van der Waals surface area contributed by atoms with E-state index in [9.17, 15) is 9.59 Å². The van der Waals surface area contributed by atoms with E-state index in [1.165, 1.54) is 0 Å². The summed E-state index contributed by atoms with van der Waals surface area (Å²) in [5.74, 6) is 0.961. The molecule has 1 aromatic rings. The number of hydrogen-bond donors (Lipinski definition) is 2. The van der Waals surface area contributed by atoms with Crippen LogP contribution in [0.5, 0.6) is 11.5 Å². The van der Waals surface area contributed by atoms with Crippen molar-refractivity contribution in [1.29, 1.82) is 0 Å². The molecular formula is C16H22N2O5. The molecule has 2 rings (SSSR count). The van der Waals surface area contributed by atoms with Crippen molar-refractivity contribution >= 4 is 17.7 Å². The van der Waals surface area contributed by atoms with Gasteiger partial charge in [0.05, 0.1) is 25.4 Å². The lowest BCUT2D eigenvalue weighted by atomic mass is 10.1. The van der Waals surface area contributed by atoms with E-state index >= 15 is 0 Å². The van der Waals surface area contributed by atoms with Gasteiger partial charge in [-0.2, -0.15) is 0 Å². The summed E-state index contributed by atoms with van der Waals surface area (Å²) < 4.78 is 16.0. The van der Waals surface area contributed by atoms with Crippen LogP contribution in [0.15, 0.2) is 12.1 Å². The molecule has 1 aliphatic heterocycles. The van der Waals surface area contributed by atoms with Crippen LogP contribution in [0, 0.1) is 0 Å². The highest BCUT2D eigenvalue weighted by atomic mass is 16.5. The number of fused-ring (bicyclic) bond motifs is 1. The maximum Gasteiger partial charge on any atom is 0.413 e. The average Bonchev–Trinajstić information content (AvgIpc) is 2.84. The van der Waals surface area contributed by atoms with Gasteiger partial charge in [0.2, 0.25) is 5.91 Å². The van der Waals surface area contributed by atoms with Gasteiger partial charge in [-0.1, -0.05) is 0 Å². The number of benzene rings is 1. The molecule has 2 amide bonds. The van der Waals surface area contributed by atoms with Gasteiger partial charge in [0.25, 0.3) is 0 Å². The molecule has 126 valence electrons. The van der Waals surface area contributed by atoms with Gasteiger partial charge in [0.1, 0.15) is 17.6 Å². The fourth-order valence-electron chi connectivity index (χ4n) is 2.35. The summed E-state index contributed by atoms with van der Waals surface area (Å²) in [6.07, 6.45) is 0.205. The third-order valence-corrected chi connectivity index (χ3v) is 3.25. The first-order valence-electron chi connectivity index (χ1n) is 7.70. The Morgan fingerprint density at radius 1 is 1.30 bits per heavy atom. The lowest BCUT2D eigenvalue weighted by molar-refractivity contribution is -0.118. The van der Waals surface area contributed by atoms with Crippen molar-refractivity contribution in [2.75, 3.05) is 25.1 Å². The summed E-state index contributed by atoms with van der Waals surface area (Å²) >= 11 is 0. The molecule has 0 radical (unpaired) electrons. The Kier molecular flexibility index (Phi) is 5.67. The Morgan fingerprint density at radius 3 is 2.78 bits per heavy atom. The molecule has 0 aliphatic carbocycles. The smallest absolute Gasteiger partial charge is 0.413 e. The van der Waals surface area contributed by atoms with Crippen LogP contribution < -0.4 is 20.1 Å². The van der Waals surface area contributed by atoms with Crippen molar-refractivity contribution in [2.24, 2.45) is 0 Å². The molecule has 0 aromatic heterocycles. The van der Waals surface area contributed by atoms with E-state index in [1.807, 2.05) is 26.0 Å². The number of rotatable bonds is 6. The maximum absolute atomic E-state index is 11.7. The molecule has 1 heterocycles. The second-order valence-electron chi connectivity index (χ2n) is 5.14. The van der Waals surface area contributed by atoms with E-state index in [4.69, 9.17) is 9.47 Å². The molecule has 2 N–H and O–H groups in total. The zero-order valence-electron chi connectivity index (χ0n) is 13.6. The van der Waals surface area contributed by atoms with Crippen LogP contribution >= 0.6 is 0 Å². The Bertz CT molecular complexity index is 588. The van der Waals surface area contributed by atoms with Crippen LogP contribution in [0.4, 0.5) is 10.5 Å². The fourth-order valence-corrected chi connectivity index (χ4v) is 2.35. The number of carbonyl (C=O) groups is 2. The van der Waals surface area contributed by atoms with E-state index < -0.39 is 12.0 Å². The standard InChI is InChI=1S/C16H22N2O5/c1-4-21-14-7-11-6-10(3)23-13(11)8-12(14)17-9-15(19)18-16(20)22-5-2/h7-8,10,17H,4-6,9H2,1-3H3,(H,18,19,20)/t10-/m1/s1. The topological polar surface area (TPSA) is 85.9 Å². The SMILES string of the molecule is CCOC(=O)NC(=O)CNc1cc2c(cc1OCC)C[C@@H](C)O2. The van der Waals surface area contributed by atoms with Gasteiger partial charge in [0, 0.05) is 18.1 Å². The predicted octanol–water partition coefficient (Wildman–Crippen LogP) is 2.09. The maximum atomic E-state index is 11.7. The highest BCUT2D eigenvalue weighted by Gasteiger charge is 2.22. The lowest BCUT2D eigenvalue weighted by Crippen LogP contribution is -2.35. The van der Waals surface area contributed by atoms with Gasteiger partial charge in [-0.3, -0.25) is 10.1 Å². The fraction of sp³-hybridized carbons (Fsp3) is 0.500. The number of hydrogen-bond acceptors (Lipinski definition) is 6. The molecule has 0 bridgehead atoms. The van der Waals surface area contributed by atoms with Gasteiger partial charge in [-0.25, -0.2) is 4.79 Å². The number of nitrogens with one attached hydrogen (secondary N) is 2. The van der Waals surface area contributed by atoms with Gasteiger partial charge in [0.15, 0.2) is 0 Å². The first kappa shape index (κ1) is 16.9. The molecular weight excluding hydrogens is 300 g/mol. The van der Waals surface area contributed by atoms with Gasteiger partial charge in [-0.15, -0.1) is 0 Å². The van der Waals surface area contributed by atoms with E-state index in [0.29, 0.717) is 18.0 Å². The van der Waals surface area contributed by atoms with Gasteiger partial charge >= 0.3 is 6.09 Å². The van der Waals surface area contributed by atoms with Crippen LogP contribution in [0.3, 0.4) is 0 Å². The number of imide groups is 1. The lowest BCUT2D eigenvalue weighted by Gasteiger charge is -2.14. The molecule has 0 spiro atoms. The van der Waals surface area contributed by atoms with Crippen LogP contribution in [0.1, 0.15) is 26.3 Å². The number of anilines is 1. The van der Waals surface area contributed by atoms with Crippen LogP contribution in [0.2, 0.25) is 0 Å². The molecule has 23 heavy (non-hydrogen) atoms.